The van der Waals surface area contributed by atoms with Crippen LogP contribution in [0.4, 0.5) is 0 Å². The number of hydrogen-bond acceptors (Lipinski definition) is 1. The standard InChI is InChI=1S/C18H23O/c1-2-3-4-5-6-9-14-19-18-13-12-16-10-7-8-11-17(16)15-18/h7-8,10-13,15H,1-6,9,14H2. The molecule has 2 aromatic carbocycles. The van der Waals surface area contributed by atoms with Crippen molar-refractivity contribution in [2.45, 2.75) is 38.5 Å². The van der Waals surface area contributed by atoms with Crippen molar-refractivity contribution in [2.24, 2.45) is 0 Å². The maximum absolute atomic E-state index is 5.81. The van der Waals surface area contributed by atoms with Crippen molar-refractivity contribution in [1.82, 2.24) is 0 Å². The lowest BCUT2D eigenvalue weighted by Gasteiger charge is -2.07. The molecule has 0 aliphatic carbocycles. The van der Waals surface area contributed by atoms with Gasteiger partial charge in [0.2, 0.25) is 0 Å². The van der Waals surface area contributed by atoms with Crippen LogP contribution in [0.1, 0.15) is 38.5 Å². The molecule has 2 aromatic rings. The fraction of sp³-hybridized carbons (Fsp3) is 0.389. The molecule has 0 heterocycles. The van der Waals surface area contributed by atoms with Gasteiger partial charge < -0.3 is 4.74 Å². The maximum Gasteiger partial charge on any atom is 0.119 e. The predicted molar refractivity (Wildman–Crippen MR) is 82.5 cm³/mol. The molecule has 19 heavy (non-hydrogen) atoms. The molecule has 0 bridgehead atoms. The van der Waals surface area contributed by atoms with Gasteiger partial charge in [0.05, 0.1) is 6.61 Å². The lowest BCUT2D eigenvalue weighted by atomic mass is 10.1. The molecule has 0 saturated heterocycles. The van der Waals surface area contributed by atoms with Crippen molar-refractivity contribution in [3.63, 3.8) is 0 Å². The van der Waals surface area contributed by atoms with Crippen LogP contribution < -0.4 is 4.74 Å². The molecule has 0 aromatic heterocycles. The molecule has 0 atom stereocenters. The van der Waals surface area contributed by atoms with E-state index in [0.29, 0.717) is 0 Å². The minimum atomic E-state index is 0.822. The molecule has 0 aliphatic heterocycles. The van der Waals surface area contributed by atoms with Gasteiger partial charge in [0.25, 0.3) is 0 Å². The molecule has 0 amide bonds. The van der Waals surface area contributed by atoms with Crippen LogP contribution in [0.15, 0.2) is 42.5 Å². The summed E-state index contributed by atoms with van der Waals surface area (Å²) in [6, 6.07) is 14.7. The quantitative estimate of drug-likeness (QED) is 0.574. The van der Waals surface area contributed by atoms with Crippen molar-refractivity contribution in [1.29, 1.82) is 0 Å². The van der Waals surface area contributed by atoms with Crippen molar-refractivity contribution < 1.29 is 4.74 Å². The normalized spacial score (nSPS) is 10.8. The van der Waals surface area contributed by atoms with Crippen LogP contribution in [-0.2, 0) is 0 Å². The van der Waals surface area contributed by atoms with E-state index in [1.807, 2.05) is 0 Å². The van der Waals surface area contributed by atoms with E-state index in [0.717, 1.165) is 25.2 Å². The molecule has 0 spiro atoms. The minimum absolute atomic E-state index is 0.822. The van der Waals surface area contributed by atoms with E-state index in [2.05, 4.69) is 49.4 Å². The Morgan fingerprint density at radius 3 is 2.37 bits per heavy atom. The topological polar surface area (TPSA) is 9.23 Å². The highest BCUT2D eigenvalue weighted by Gasteiger charge is 1.97. The average molecular weight is 255 g/mol. The molecular weight excluding hydrogens is 232 g/mol. The number of benzene rings is 2. The summed E-state index contributed by atoms with van der Waals surface area (Å²) in [5, 5.41) is 2.51. The summed E-state index contributed by atoms with van der Waals surface area (Å²) >= 11 is 0. The third kappa shape index (κ3) is 4.59. The molecule has 0 fully saturated rings. The fourth-order valence-electron chi connectivity index (χ4n) is 2.26. The summed E-state index contributed by atoms with van der Waals surface area (Å²) in [5.74, 6) is 0.983. The molecule has 2 rings (SSSR count). The first-order valence-electron chi connectivity index (χ1n) is 7.31. The second kappa shape index (κ2) is 7.83. The predicted octanol–water partition coefficient (Wildman–Crippen LogP) is 5.39. The van der Waals surface area contributed by atoms with E-state index in [4.69, 9.17) is 4.74 Å². The van der Waals surface area contributed by atoms with Gasteiger partial charge in [-0.2, -0.15) is 0 Å². The summed E-state index contributed by atoms with van der Waals surface area (Å²) in [6.45, 7) is 4.68. The zero-order chi connectivity index (χ0) is 13.3. The molecular formula is C18H23O. The number of unbranched alkanes of at least 4 members (excludes halogenated alkanes) is 5. The summed E-state index contributed by atoms with van der Waals surface area (Å²) in [6.07, 6.45) is 7.33. The van der Waals surface area contributed by atoms with Gasteiger partial charge in [0, 0.05) is 0 Å². The van der Waals surface area contributed by atoms with E-state index in [9.17, 15) is 0 Å². The highest BCUT2D eigenvalue weighted by Crippen LogP contribution is 2.20. The van der Waals surface area contributed by atoms with Gasteiger partial charge in [-0.3, -0.25) is 0 Å². The largest absolute Gasteiger partial charge is 0.494 e. The zero-order valence-corrected chi connectivity index (χ0v) is 11.6. The smallest absolute Gasteiger partial charge is 0.119 e. The number of ether oxygens (including phenoxy) is 1. The van der Waals surface area contributed by atoms with Gasteiger partial charge in [0.1, 0.15) is 5.75 Å². The van der Waals surface area contributed by atoms with Crippen LogP contribution in [0.2, 0.25) is 0 Å². The number of fused-ring (bicyclic) bond motifs is 1. The Labute approximate surface area is 116 Å². The van der Waals surface area contributed by atoms with Crippen LogP contribution in [0.25, 0.3) is 10.8 Å². The number of rotatable bonds is 8. The minimum Gasteiger partial charge on any atom is -0.494 e. The molecule has 0 saturated carbocycles. The first kappa shape index (κ1) is 13.9. The van der Waals surface area contributed by atoms with Crippen LogP contribution in [-0.4, -0.2) is 6.61 Å². The van der Waals surface area contributed by atoms with E-state index in [-0.39, 0.29) is 0 Å². The van der Waals surface area contributed by atoms with E-state index in [1.165, 1.54) is 36.5 Å². The van der Waals surface area contributed by atoms with Crippen molar-refractivity contribution in [3.8, 4) is 5.75 Å². The molecule has 0 unspecified atom stereocenters. The van der Waals surface area contributed by atoms with Crippen molar-refractivity contribution in [2.75, 3.05) is 6.61 Å². The van der Waals surface area contributed by atoms with E-state index >= 15 is 0 Å². The Hall–Kier alpha value is -1.50. The second-order valence-corrected chi connectivity index (χ2v) is 4.98. The Bertz CT molecular complexity index is 490. The van der Waals surface area contributed by atoms with Gasteiger partial charge in [-0.15, -0.1) is 0 Å². The first-order valence-corrected chi connectivity index (χ1v) is 7.31. The van der Waals surface area contributed by atoms with Gasteiger partial charge in [-0.25, -0.2) is 0 Å². The fourth-order valence-corrected chi connectivity index (χ4v) is 2.26. The van der Waals surface area contributed by atoms with Crippen molar-refractivity contribution >= 4 is 10.8 Å². The lowest BCUT2D eigenvalue weighted by molar-refractivity contribution is 0.305. The zero-order valence-electron chi connectivity index (χ0n) is 11.6. The monoisotopic (exact) mass is 255 g/mol. The Kier molecular flexibility index (Phi) is 5.74. The van der Waals surface area contributed by atoms with Crippen LogP contribution in [0.3, 0.4) is 0 Å². The van der Waals surface area contributed by atoms with Gasteiger partial charge in [0.15, 0.2) is 0 Å². The first-order chi connectivity index (χ1) is 9.40. The SMILES string of the molecule is [CH2]CCCCCCCOc1ccc2ccccc2c1. The summed E-state index contributed by atoms with van der Waals surface area (Å²) in [7, 11) is 0. The van der Waals surface area contributed by atoms with Crippen molar-refractivity contribution in [3.05, 3.63) is 49.4 Å². The molecule has 0 N–H and O–H groups in total. The molecule has 1 nitrogen and oxygen atoms in total. The average Bonchev–Trinajstić information content (AvgIpc) is 2.46. The third-order valence-corrected chi connectivity index (χ3v) is 3.38. The molecule has 101 valence electrons. The van der Waals surface area contributed by atoms with Gasteiger partial charge in [-0.1, -0.05) is 69.4 Å². The summed E-state index contributed by atoms with van der Waals surface area (Å²) < 4.78 is 5.81. The highest BCUT2D eigenvalue weighted by molar-refractivity contribution is 5.83. The second-order valence-electron chi connectivity index (χ2n) is 4.98. The third-order valence-electron chi connectivity index (χ3n) is 3.38. The van der Waals surface area contributed by atoms with Gasteiger partial charge in [-0.05, 0) is 29.3 Å². The molecule has 1 heteroatoms. The van der Waals surface area contributed by atoms with E-state index < -0.39 is 0 Å². The van der Waals surface area contributed by atoms with Crippen LogP contribution in [0.5, 0.6) is 5.75 Å². The van der Waals surface area contributed by atoms with Crippen LogP contribution in [0, 0.1) is 6.92 Å². The summed E-state index contributed by atoms with van der Waals surface area (Å²) in [4.78, 5) is 0. The Morgan fingerprint density at radius 1 is 0.789 bits per heavy atom. The molecule has 1 radical (unpaired) electrons. The van der Waals surface area contributed by atoms with Gasteiger partial charge >= 0.3 is 0 Å². The summed E-state index contributed by atoms with van der Waals surface area (Å²) in [5.41, 5.74) is 0. The molecule has 0 aliphatic rings. The Morgan fingerprint density at radius 2 is 1.53 bits per heavy atom. The number of hydrogen-bond donors (Lipinski definition) is 0. The van der Waals surface area contributed by atoms with Crippen LogP contribution >= 0.6 is 0 Å². The maximum atomic E-state index is 5.81. The van der Waals surface area contributed by atoms with E-state index in [1.54, 1.807) is 0 Å². The Balaban J connectivity index is 1.72. The lowest BCUT2D eigenvalue weighted by Crippen LogP contribution is -1.97. The highest BCUT2D eigenvalue weighted by atomic mass is 16.5.